The van der Waals surface area contributed by atoms with E-state index in [0.717, 1.165) is 30.3 Å². The summed E-state index contributed by atoms with van der Waals surface area (Å²) in [5.41, 5.74) is -1.02. The Morgan fingerprint density at radius 3 is 2.58 bits per heavy atom. The topological polar surface area (TPSA) is 161 Å². The van der Waals surface area contributed by atoms with Crippen LogP contribution in [0.1, 0.15) is 15.2 Å². The number of aromatic amines is 1. The zero-order valence-corrected chi connectivity index (χ0v) is 21.2. The fourth-order valence-electron chi connectivity index (χ4n) is 3.62. The summed E-state index contributed by atoms with van der Waals surface area (Å²) in [5, 5.41) is 12.7. The molecule has 4 aromatic rings. The van der Waals surface area contributed by atoms with Crippen molar-refractivity contribution in [3.05, 3.63) is 84.4 Å². The summed E-state index contributed by atoms with van der Waals surface area (Å²) in [6.45, 7) is -0.762. The molecule has 210 valence electrons. The van der Waals surface area contributed by atoms with E-state index in [9.17, 15) is 37.5 Å². The number of hydroxylamine groups is 1. The Hall–Kier alpha value is -4.83. The monoisotopic (exact) mass is 580 g/mol. The number of carboxylic acids is 1. The summed E-state index contributed by atoms with van der Waals surface area (Å²) in [4.78, 5) is 54.9. The molecule has 12 nitrogen and oxygen atoms in total. The molecule has 0 aliphatic heterocycles. The Morgan fingerprint density at radius 1 is 1.10 bits per heavy atom. The fraction of sp³-hybridized carbons (Fsp3) is 0.167. The van der Waals surface area contributed by atoms with Gasteiger partial charge in [-0.3, -0.25) is 9.63 Å². The molecule has 0 aliphatic rings. The Labute approximate surface area is 225 Å². The van der Waals surface area contributed by atoms with Gasteiger partial charge < -0.3 is 24.9 Å². The van der Waals surface area contributed by atoms with E-state index in [1.54, 1.807) is 0 Å². The number of nitrogens with one attached hydrogen (secondary N) is 3. The number of fused-ring (bicyclic) bond motifs is 1. The molecule has 16 heteroatoms. The SMILES string of the molecule is CONC(=O)NCCOc1ccc(F)c(F)c1COc1ccc(F)c(-n2c(=O)[nH]c3csc(C(=O)O)c3c2=O)c1. The first-order valence-electron chi connectivity index (χ1n) is 11.2. The van der Waals surface area contributed by atoms with Crippen molar-refractivity contribution in [2.45, 2.75) is 6.61 Å². The van der Waals surface area contributed by atoms with Gasteiger partial charge in [0.25, 0.3) is 5.56 Å². The fourth-order valence-corrected chi connectivity index (χ4v) is 4.45. The first-order valence-corrected chi connectivity index (χ1v) is 12.1. The minimum Gasteiger partial charge on any atom is -0.491 e. The number of halogens is 3. The Kier molecular flexibility index (Phi) is 8.40. The van der Waals surface area contributed by atoms with Crippen molar-refractivity contribution in [1.29, 1.82) is 0 Å². The van der Waals surface area contributed by atoms with Crippen LogP contribution in [0.3, 0.4) is 0 Å². The van der Waals surface area contributed by atoms with Crippen LogP contribution in [0.5, 0.6) is 11.5 Å². The second kappa shape index (κ2) is 11.9. The highest BCUT2D eigenvalue weighted by atomic mass is 32.1. The maximum absolute atomic E-state index is 14.8. The molecule has 0 radical (unpaired) electrons. The van der Waals surface area contributed by atoms with Gasteiger partial charge in [0.05, 0.1) is 35.8 Å². The quantitative estimate of drug-likeness (QED) is 0.165. The highest BCUT2D eigenvalue weighted by molar-refractivity contribution is 7.13. The number of aromatic nitrogens is 2. The maximum atomic E-state index is 14.8. The number of urea groups is 1. The molecular weight excluding hydrogens is 561 g/mol. The van der Waals surface area contributed by atoms with Gasteiger partial charge in [0.2, 0.25) is 0 Å². The average Bonchev–Trinajstić information content (AvgIpc) is 3.34. The Morgan fingerprint density at radius 2 is 1.85 bits per heavy atom. The highest BCUT2D eigenvalue weighted by Crippen LogP contribution is 2.27. The number of carbonyl (C=O) groups is 2. The standard InChI is InChI=1S/C24H19F3N4O8S/c1-37-30-23(35)28-6-7-38-17-5-4-14(26)19(27)12(17)9-39-11-2-3-13(25)16(8-11)31-21(32)18-15(29-24(31)36)10-40-20(18)22(33)34/h2-5,8,10H,6-7,9H2,1H3,(H,29,36)(H,33,34)(H2,28,30,35). The van der Waals surface area contributed by atoms with E-state index in [1.807, 2.05) is 5.48 Å². The smallest absolute Gasteiger partial charge is 0.346 e. The predicted octanol–water partition coefficient (Wildman–Crippen LogP) is 2.67. The maximum Gasteiger partial charge on any atom is 0.346 e. The van der Waals surface area contributed by atoms with Crippen molar-refractivity contribution in [3.63, 3.8) is 0 Å². The number of benzene rings is 2. The van der Waals surface area contributed by atoms with Crippen molar-refractivity contribution in [1.82, 2.24) is 20.3 Å². The van der Waals surface area contributed by atoms with Crippen LogP contribution in [0.15, 0.2) is 45.3 Å². The molecule has 0 spiro atoms. The molecule has 0 bridgehead atoms. The number of carbonyl (C=O) groups excluding carboxylic acids is 1. The van der Waals surface area contributed by atoms with E-state index in [4.69, 9.17) is 9.47 Å². The van der Waals surface area contributed by atoms with E-state index in [2.05, 4.69) is 15.1 Å². The molecule has 0 aliphatic carbocycles. The zero-order chi connectivity index (χ0) is 29.0. The minimum absolute atomic E-state index is 0.0167. The van der Waals surface area contributed by atoms with Crippen LogP contribution < -0.4 is 31.5 Å². The first-order chi connectivity index (χ1) is 19.1. The molecular formula is C24H19F3N4O8S. The average molecular weight is 580 g/mol. The van der Waals surface area contributed by atoms with Gasteiger partial charge in [-0.2, -0.15) is 0 Å². The normalized spacial score (nSPS) is 10.9. The lowest BCUT2D eigenvalue weighted by Gasteiger charge is -2.15. The summed E-state index contributed by atoms with van der Waals surface area (Å²) < 4.78 is 54.7. The van der Waals surface area contributed by atoms with Crippen LogP contribution in [0.4, 0.5) is 18.0 Å². The molecule has 2 amide bonds. The lowest BCUT2D eigenvalue weighted by Crippen LogP contribution is -2.37. The lowest BCUT2D eigenvalue weighted by atomic mass is 10.2. The number of rotatable bonds is 10. The van der Waals surface area contributed by atoms with Crippen molar-refractivity contribution in [2.75, 3.05) is 20.3 Å². The molecule has 0 fully saturated rings. The number of hydrogen-bond donors (Lipinski definition) is 4. The molecule has 4 N–H and O–H groups in total. The molecule has 2 aromatic heterocycles. The first kappa shape index (κ1) is 28.2. The minimum atomic E-state index is -1.41. The van der Waals surface area contributed by atoms with Gasteiger partial charge in [0.1, 0.15) is 35.4 Å². The van der Waals surface area contributed by atoms with Crippen LogP contribution in [-0.4, -0.2) is 46.9 Å². The number of thiophene rings is 1. The van der Waals surface area contributed by atoms with Crippen LogP contribution in [0.25, 0.3) is 16.6 Å². The number of amides is 2. The molecule has 0 saturated carbocycles. The summed E-state index contributed by atoms with van der Waals surface area (Å²) in [6, 6.07) is 4.31. The van der Waals surface area contributed by atoms with E-state index >= 15 is 0 Å². The largest absolute Gasteiger partial charge is 0.491 e. The van der Waals surface area contributed by atoms with Gasteiger partial charge in [-0.05, 0) is 24.3 Å². The molecule has 2 heterocycles. The summed E-state index contributed by atoms with van der Waals surface area (Å²) >= 11 is 0.716. The van der Waals surface area contributed by atoms with Gasteiger partial charge in [-0.1, -0.05) is 0 Å². The lowest BCUT2D eigenvalue weighted by molar-refractivity contribution is 0.0704. The molecule has 4 rings (SSSR count). The van der Waals surface area contributed by atoms with E-state index in [-0.39, 0.29) is 46.0 Å². The Bertz CT molecular complexity index is 1720. The van der Waals surface area contributed by atoms with Crippen LogP contribution in [0, 0.1) is 17.5 Å². The third kappa shape index (κ3) is 5.76. The molecule has 0 unspecified atom stereocenters. The number of ether oxygens (including phenoxy) is 2. The molecule has 2 aromatic carbocycles. The summed E-state index contributed by atoms with van der Waals surface area (Å²) in [5.74, 6) is -5.14. The number of nitrogens with zero attached hydrogens (tertiary/aromatic N) is 1. The molecule has 0 saturated heterocycles. The summed E-state index contributed by atoms with van der Waals surface area (Å²) in [7, 11) is 1.24. The second-order valence-corrected chi connectivity index (χ2v) is 8.76. The third-order valence-corrected chi connectivity index (χ3v) is 6.35. The second-order valence-electron chi connectivity index (χ2n) is 7.88. The predicted molar refractivity (Wildman–Crippen MR) is 135 cm³/mol. The van der Waals surface area contributed by atoms with E-state index in [0.29, 0.717) is 15.9 Å². The van der Waals surface area contributed by atoms with E-state index < -0.39 is 53.0 Å². The van der Waals surface area contributed by atoms with Crippen LogP contribution in [0.2, 0.25) is 0 Å². The van der Waals surface area contributed by atoms with Crippen molar-refractivity contribution < 1.29 is 42.2 Å². The van der Waals surface area contributed by atoms with E-state index in [1.165, 1.54) is 12.5 Å². The Balaban J connectivity index is 1.60. The molecule has 40 heavy (non-hydrogen) atoms. The number of carboxylic acid groups (broad SMARTS) is 1. The number of aromatic carboxylic acids is 1. The third-order valence-electron chi connectivity index (χ3n) is 5.38. The van der Waals surface area contributed by atoms with Crippen LogP contribution in [-0.2, 0) is 11.4 Å². The number of H-pyrrole nitrogens is 1. The van der Waals surface area contributed by atoms with Gasteiger partial charge in [0.15, 0.2) is 11.6 Å². The number of hydrogen-bond acceptors (Lipinski definition) is 8. The molecule has 0 atom stereocenters. The van der Waals surface area contributed by atoms with Gasteiger partial charge in [-0.15, -0.1) is 11.3 Å². The van der Waals surface area contributed by atoms with Crippen molar-refractivity contribution in [2.24, 2.45) is 0 Å². The highest BCUT2D eigenvalue weighted by Gasteiger charge is 2.21. The van der Waals surface area contributed by atoms with Crippen molar-refractivity contribution in [3.8, 4) is 17.2 Å². The summed E-state index contributed by atoms with van der Waals surface area (Å²) in [6.07, 6.45) is 0. The van der Waals surface area contributed by atoms with Gasteiger partial charge in [-0.25, -0.2) is 37.6 Å². The van der Waals surface area contributed by atoms with Gasteiger partial charge in [0, 0.05) is 11.4 Å². The van der Waals surface area contributed by atoms with Crippen LogP contribution >= 0.6 is 11.3 Å². The van der Waals surface area contributed by atoms with Gasteiger partial charge >= 0.3 is 17.7 Å². The van der Waals surface area contributed by atoms with Crippen molar-refractivity contribution >= 4 is 34.2 Å². The zero-order valence-electron chi connectivity index (χ0n) is 20.4.